The van der Waals surface area contributed by atoms with Gasteiger partial charge in [0.1, 0.15) is 0 Å². The summed E-state index contributed by atoms with van der Waals surface area (Å²) in [6.45, 7) is 0. The van der Waals surface area contributed by atoms with Gasteiger partial charge in [0, 0.05) is 10.5 Å². The molecule has 2 heterocycles. The number of rotatable bonds is 4. The minimum Gasteiger partial charge on any atom is -0.480 e. The number of alkyl halides is 3. The van der Waals surface area contributed by atoms with Crippen LogP contribution in [-0.4, -0.2) is 33.0 Å². The van der Waals surface area contributed by atoms with Gasteiger partial charge >= 0.3 is 6.18 Å². The zero-order chi connectivity index (χ0) is 19.6. The van der Waals surface area contributed by atoms with E-state index in [9.17, 15) is 18.0 Å². The zero-order valence-corrected chi connectivity index (χ0v) is 15.2. The molecule has 3 rings (SSSR count). The molecule has 1 N–H and O–H groups in total. The van der Waals surface area contributed by atoms with E-state index in [4.69, 9.17) is 4.74 Å². The first-order valence-electron chi connectivity index (χ1n) is 7.40. The van der Waals surface area contributed by atoms with Crippen molar-refractivity contribution >= 4 is 27.5 Å². The van der Waals surface area contributed by atoms with Crippen molar-refractivity contribution < 1.29 is 22.7 Å². The highest BCUT2D eigenvalue weighted by Crippen LogP contribution is 2.34. The summed E-state index contributed by atoms with van der Waals surface area (Å²) < 4.78 is 46.8. The number of nitrogens with zero attached hydrogens (tertiary/aromatic N) is 4. The largest absolute Gasteiger partial charge is 0.480 e. The van der Waals surface area contributed by atoms with Gasteiger partial charge in [-0.15, -0.1) is 10.2 Å². The number of para-hydroxylation sites is 1. The van der Waals surface area contributed by atoms with Crippen molar-refractivity contribution in [3.63, 3.8) is 0 Å². The van der Waals surface area contributed by atoms with Gasteiger partial charge in [-0.2, -0.15) is 18.3 Å². The maximum absolute atomic E-state index is 13.6. The first-order chi connectivity index (χ1) is 12.8. The first kappa shape index (κ1) is 18.8. The van der Waals surface area contributed by atoms with Crippen LogP contribution in [0.2, 0.25) is 0 Å². The molecule has 0 aliphatic rings. The first-order valence-corrected chi connectivity index (χ1v) is 8.19. The molecule has 27 heavy (non-hydrogen) atoms. The van der Waals surface area contributed by atoms with Crippen LogP contribution in [0.3, 0.4) is 0 Å². The summed E-state index contributed by atoms with van der Waals surface area (Å²) in [4.78, 5) is 12.4. The molecule has 0 saturated heterocycles. The van der Waals surface area contributed by atoms with Crippen molar-refractivity contribution in [2.24, 2.45) is 0 Å². The molecule has 0 radical (unpaired) electrons. The van der Waals surface area contributed by atoms with Gasteiger partial charge in [0.2, 0.25) is 5.88 Å². The van der Waals surface area contributed by atoms with E-state index in [1.54, 1.807) is 24.3 Å². The third-order valence-electron chi connectivity index (χ3n) is 3.46. The van der Waals surface area contributed by atoms with Gasteiger partial charge in [0.05, 0.1) is 24.6 Å². The summed E-state index contributed by atoms with van der Waals surface area (Å²) >= 11 is 3.22. The molecule has 0 bridgehead atoms. The molecule has 3 aromatic rings. The Bertz CT molecular complexity index is 973. The maximum Gasteiger partial charge on any atom is 0.434 e. The fourth-order valence-electron chi connectivity index (χ4n) is 2.25. The quantitative estimate of drug-likeness (QED) is 0.667. The third kappa shape index (κ3) is 3.92. The molecule has 2 aromatic heterocycles. The van der Waals surface area contributed by atoms with Crippen molar-refractivity contribution in [2.45, 2.75) is 6.18 Å². The Balaban J connectivity index is 2.02. The number of aromatic nitrogens is 4. The second-order valence-electron chi connectivity index (χ2n) is 5.18. The Kier molecular flexibility index (Phi) is 5.13. The number of hydrogen-bond donors (Lipinski definition) is 1. The summed E-state index contributed by atoms with van der Waals surface area (Å²) in [5.41, 5.74) is -1.57. The standard InChI is InChI=1S/C16H11BrF3N5O2/c1-27-13-7-6-12(23-24-13)25-14(16(18,19)20)9(8-21-25)15(26)22-11-5-3-2-4-10(11)17/h2-8H,1H3,(H,22,26). The molecule has 0 fully saturated rings. The van der Waals surface area contributed by atoms with Crippen LogP contribution in [0.15, 0.2) is 47.1 Å². The molecule has 0 atom stereocenters. The Labute approximate surface area is 159 Å². The lowest BCUT2D eigenvalue weighted by molar-refractivity contribution is -0.143. The van der Waals surface area contributed by atoms with E-state index in [0.29, 0.717) is 14.8 Å². The fraction of sp³-hybridized carbons (Fsp3) is 0.125. The van der Waals surface area contributed by atoms with Crippen LogP contribution in [0.1, 0.15) is 16.1 Å². The van der Waals surface area contributed by atoms with Crippen LogP contribution in [0.25, 0.3) is 5.82 Å². The summed E-state index contributed by atoms with van der Waals surface area (Å²) in [5.74, 6) is -1.03. The number of amides is 1. The number of anilines is 1. The SMILES string of the molecule is COc1ccc(-n2ncc(C(=O)Nc3ccccc3Br)c2C(F)(F)F)nn1. The van der Waals surface area contributed by atoms with E-state index >= 15 is 0 Å². The molecule has 1 amide bonds. The number of halogens is 4. The fourth-order valence-corrected chi connectivity index (χ4v) is 2.63. The molecular formula is C16H11BrF3N5O2. The number of methoxy groups -OCH3 is 1. The van der Waals surface area contributed by atoms with Crippen molar-refractivity contribution in [3.8, 4) is 11.7 Å². The summed E-state index contributed by atoms with van der Waals surface area (Å²) in [6.07, 6.45) is -4.01. The Morgan fingerprint density at radius 3 is 2.52 bits per heavy atom. The predicted octanol–water partition coefficient (Wildman–Crippen LogP) is 3.70. The van der Waals surface area contributed by atoms with E-state index in [1.807, 2.05) is 0 Å². The van der Waals surface area contributed by atoms with Gasteiger partial charge in [-0.05, 0) is 34.1 Å². The number of hydrogen-bond acceptors (Lipinski definition) is 5. The minimum absolute atomic E-state index is 0.131. The van der Waals surface area contributed by atoms with E-state index in [0.717, 1.165) is 6.20 Å². The average molecular weight is 442 g/mol. The van der Waals surface area contributed by atoms with Crippen LogP contribution in [0.5, 0.6) is 5.88 Å². The van der Waals surface area contributed by atoms with Gasteiger partial charge < -0.3 is 10.1 Å². The van der Waals surface area contributed by atoms with Crippen LogP contribution in [0, 0.1) is 0 Å². The normalized spacial score (nSPS) is 11.3. The van der Waals surface area contributed by atoms with Gasteiger partial charge in [-0.1, -0.05) is 12.1 Å². The summed E-state index contributed by atoms with van der Waals surface area (Å²) in [6, 6.07) is 9.14. The molecule has 0 aliphatic heterocycles. The highest BCUT2D eigenvalue weighted by molar-refractivity contribution is 9.10. The van der Waals surface area contributed by atoms with Crippen molar-refractivity contribution in [3.05, 3.63) is 58.3 Å². The number of benzene rings is 1. The zero-order valence-electron chi connectivity index (χ0n) is 13.7. The second kappa shape index (κ2) is 7.35. The molecule has 0 unspecified atom stereocenters. The lowest BCUT2D eigenvalue weighted by Crippen LogP contribution is -2.21. The lowest BCUT2D eigenvalue weighted by atomic mass is 10.2. The highest BCUT2D eigenvalue weighted by Gasteiger charge is 2.41. The van der Waals surface area contributed by atoms with Crippen molar-refractivity contribution in [2.75, 3.05) is 12.4 Å². The smallest absolute Gasteiger partial charge is 0.434 e. The third-order valence-corrected chi connectivity index (χ3v) is 4.15. The number of carbonyl (C=O) groups excluding carboxylic acids is 1. The maximum atomic E-state index is 13.6. The molecule has 0 spiro atoms. The highest BCUT2D eigenvalue weighted by atomic mass is 79.9. The van der Waals surface area contributed by atoms with Crippen LogP contribution in [0.4, 0.5) is 18.9 Å². The van der Waals surface area contributed by atoms with Crippen molar-refractivity contribution in [1.29, 1.82) is 0 Å². The Morgan fingerprint density at radius 2 is 1.93 bits per heavy atom. The average Bonchev–Trinajstić information content (AvgIpc) is 3.09. The molecule has 0 saturated carbocycles. The van der Waals surface area contributed by atoms with E-state index in [-0.39, 0.29) is 11.7 Å². The lowest BCUT2D eigenvalue weighted by Gasteiger charge is -2.12. The van der Waals surface area contributed by atoms with Crippen molar-refractivity contribution in [1.82, 2.24) is 20.0 Å². The van der Waals surface area contributed by atoms with E-state index in [1.165, 1.54) is 19.2 Å². The molecule has 140 valence electrons. The Hall–Kier alpha value is -2.95. The number of ether oxygens (including phenoxy) is 1. The van der Waals surface area contributed by atoms with Gasteiger partial charge in [-0.25, -0.2) is 4.68 Å². The van der Waals surface area contributed by atoms with Gasteiger partial charge in [0.25, 0.3) is 5.91 Å². The van der Waals surface area contributed by atoms with Crippen LogP contribution >= 0.6 is 15.9 Å². The molecule has 0 aliphatic carbocycles. The van der Waals surface area contributed by atoms with Crippen LogP contribution < -0.4 is 10.1 Å². The monoisotopic (exact) mass is 441 g/mol. The topological polar surface area (TPSA) is 81.9 Å². The molecule has 7 nitrogen and oxygen atoms in total. The number of carbonyl (C=O) groups is 1. The molecular weight excluding hydrogens is 431 g/mol. The van der Waals surface area contributed by atoms with E-state index in [2.05, 4.69) is 36.5 Å². The molecule has 11 heteroatoms. The summed E-state index contributed by atoms with van der Waals surface area (Å²) in [5, 5.41) is 13.4. The number of nitrogens with one attached hydrogen (secondary N) is 1. The van der Waals surface area contributed by atoms with Crippen LogP contribution in [-0.2, 0) is 6.18 Å². The van der Waals surface area contributed by atoms with E-state index < -0.39 is 23.3 Å². The summed E-state index contributed by atoms with van der Waals surface area (Å²) in [7, 11) is 1.35. The van der Waals surface area contributed by atoms with Gasteiger partial charge in [0.15, 0.2) is 11.5 Å². The minimum atomic E-state index is -4.85. The van der Waals surface area contributed by atoms with Gasteiger partial charge in [-0.3, -0.25) is 4.79 Å². The Morgan fingerprint density at radius 1 is 1.19 bits per heavy atom. The second-order valence-corrected chi connectivity index (χ2v) is 6.04. The predicted molar refractivity (Wildman–Crippen MR) is 92.8 cm³/mol. The molecule has 1 aromatic carbocycles.